The topological polar surface area (TPSA) is 55.2 Å². The molecule has 1 heterocycles. The molecule has 0 amide bonds. The molecule has 0 aliphatic heterocycles. The molecular weight excluding hydrogens is 368 g/mol. The van der Waals surface area contributed by atoms with Gasteiger partial charge in [-0.1, -0.05) is 45.0 Å². The molecule has 0 saturated heterocycles. The molecule has 5 nitrogen and oxygen atoms in total. The first-order valence-corrected chi connectivity index (χ1v) is 9.83. The van der Waals surface area contributed by atoms with Gasteiger partial charge in [0.15, 0.2) is 5.82 Å². The lowest BCUT2D eigenvalue weighted by Crippen LogP contribution is -2.05. The first kappa shape index (κ1) is 20.0. The Kier molecular flexibility index (Phi) is 6.41. The third kappa shape index (κ3) is 4.75. The zero-order valence-electron chi connectivity index (χ0n) is 16.7. The van der Waals surface area contributed by atoms with Gasteiger partial charge in [-0.05, 0) is 65.5 Å². The van der Waals surface area contributed by atoms with Crippen molar-refractivity contribution in [3.8, 4) is 5.75 Å². The van der Waals surface area contributed by atoms with Gasteiger partial charge in [0.05, 0.1) is 13.3 Å². The number of aromatic nitrogens is 3. The summed E-state index contributed by atoms with van der Waals surface area (Å²) in [7, 11) is 1.65. The Bertz CT molecular complexity index is 985. The van der Waals surface area contributed by atoms with E-state index in [2.05, 4.69) is 60.3 Å². The molecular formula is C22H26N4OS. The molecule has 3 aromatic rings. The molecule has 28 heavy (non-hydrogen) atoms. The smallest absolute Gasteiger partial charge is 0.216 e. The monoisotopic (exact) mass is 394 g/mol. The summed E-state index contributed by atoms with van der Waals surface area (Å²) in [5, 5.41) is 11.8. The maximum atomic E-state index is 5.38. The standard InChI is InChI=1S/C22H26N4OS/c1-15(2)13-17-5-9-19(10-6-17)16(3)21-24-25-22(28)26(21)23-14-18-7-11-20(27-4)12-8-18/h5-12,14-16H,13H2,1-4H3,(H,25,28)/b23-14+/t16-/m1/s1. The van der Waals surface area contributed by atoms with Crippen molar-refractivity contribution in [3.63, 3.8) is 0 Å². The van der Waals surface area contributed by atoms with Crippen LogP contribution in [0.25, 0.3) is 0 Å². The van der Waals surface area contributed by atoms with Crippen LogP contribution in [0, 0.1) is 10.7 Å². The third-order valence-corrected chi connectivity index (χ3v) is 4.89. The van der Waals surface area contributed by atoms with Gasteiger partial charge in [-0.15, -0.1) is 0 Å². The number of nitrogens with zero attached hydrogens (tertiary/aromatic N) is 3. The lowest BCUT2D eigenvalue weighted by molar-refractivity contribution is 0.415. The minimum Gasteiger partial charge on any atom is -0.497 e. The van der Waals surface area contributed by atoms with Crippen molar-refractivity contribution in [2.75, 3.05) is 7.11 Å². The molecule has 0 aliphatic rings. The summed E-state index contributed by atoms with van der Waals surface area (Å²) in [5.41, 5.74) is 3.49. The molecule has 6 heteroatoms. The molecule has 3 rings (SSSR count). The molecule has 1 aromatic heterocycles. The Balaban J connectivity index is 1.83. The fraction of sp³-hybridized carbons (Fsp3) is 0.318. The second-order valence-corrected chi connectivity index (χ2v) is 7.66. The molecule has 146 valence electrons. The van der Waals surface area contributed by atoms with Crippen molar-refractivity contribution >= 4 is 18.4 Å². The normalized spacial score (nSPS) is 12.6. The fourth-order valence-corrected chi connectivity index (χ4v) is 3.26. The van der Waals surface area contributed by atoms with Crippen LogP contribution in [0.15, 0.2) is 53.6 Å². The van der Waals surface area contributed by atoms with E-state index >= 15 is 0 Å². The molecule has 0 bridgehead atoms. The molecule has 0 aliphatic carbocycles. The average Bonchev–Trinajstić information content (AvgIpc) is 3.07. The van der Waals surface area contributed by atoms with Gasteiger partial charge in [0.25, 0.3) is 0 Å². The van der Waals surface area contributed by atoms with E-state index in [4.69, 9.17) is 17.0 Å². The van der Waals surface area contributed by atoms with Crippen LogP contribution in [0.5, 0.6) is 5.75 Å². The van der Waals surface area contributed by atoms with E-state index in [9.17, 15) is 0 Å². The first-order chi connectivity index (χ1) is 13.5. The van der Waals surface area contributed by atoms with Crippen molar-refractivity contribution in [3.05, 3.63) is 75.8 Å². The summed E-state index contributed by atoms with van der Waals surface area (Å²) in [4.78, 5) is 0. The van der Waals surface area contributed by atoms with Crippen molar-refractivity contribution in [2.24, 2.45) is 11.0 Å². The molecule has 2 aromatic carbocycles. The highest BCUT2D eigenvalue weighted by molar-refractivity contribution is 7.71. The van der Waals surface area contributed by atoms with Gasteiger partial charge in [0.1, 0.15) is 5.75 Å². The van der Waals surface area contributed by atoms with Gasteiger partial charge in [0.2, 0.25) is 4.77 Å². The Morgan fingerprint density at radius 2 is 1.79 bits per heavy atom. The molecule has 0 fully saturated rings. The fourth-order valence-electron chi connectivity index (χ4n) is 3.07. The Morgan fingerprint density at radius 3 is 2.39 bits per heavy atom. The maximum absolute atomic E-state index is 5.38. The first-order valence-electron chi connectivity index (χ1n) is 9.42. The van der Waals surface area contributed by atoms with E-state index in [1.165, 1.54) is 11.1 Å². The van der Waals surface area contributed by atoms with Crippen molar-refractivity contribution in [2.45, 2.75) is 33.1 Å². The van der Waals surface area contributed by atoms with Crippen LogP contribution in [0.2, 0.25) is 0 Å². The van der Waals surface area contributed by atoms with Crippen molar-refractivity contribution in [1.82, 2.24) is 14.9 Å². The van der Waals surface area contributed by atoms with Crippen LogP contribution in [0.3, 0.4) is 0 Å². The predicted octanol–water partition coefficient (Wildman–Crippen LogP) is 5.18. The molecule has 0 spiro atoms. The number of nitrogens with one attached hydrogen (secondary N) is 1. The number of aromatic amines is 1. The van der Waals surface area contributed by atoms with E-state index in [1.807, 2.05) is 24.3 Å². The highest BCUT2D eigenvalue weighted by atomic mass is 32.1. The number of ether oxygens (including phenoxy) is 1. The lowest BCUT2D eigenvalue weighted by Gasteiger charge is -2.12. The summed E-state index contributed by atoms with van der Waals surface area (Å²) < 4.78 is 7.35. The predicted molar refractivity (Wildman–Crippen MR) is 116 cm³/mol. The van der Waals surface area contributed by atoms with Gasteiger partial charge in [-0.2, -0.15) is 14.9 Å². The quantitative estimate of drug-likeness (QED) is 0.444. The van der Waals surface area contributed by atoms with Crippen LogP contribution in [-0.2, 0) is 6.42 Å². The van der Waals surface area contributed by atoms with E-state index in [0.29, 0.717) is 10.7 Å². The Hall–Kier alpha value is -2.73. The SMILES string of the molecule is COc1ccc(/C=N/n2c([C@H](C)c3ccc(CC(C)C)cc3)n[nH]c2=S)cc1. The molecule has 1 atom stereocenters. The third-order valence-electron chi connectivity index (χ3n) is 4.62. The second kappa shape index (κ2) is 8.97. The highest BCUT2D eigenvalue weighted by Gasteiger charge is 2.16. The minimum atomic E-state index is 0.0640. The summed E-state index contributed by atoms with van der Waals surface area (Å²) in [6.07, 6.45) is 2.85. The maximum Gasteiger partial charge on any atom is 0.216 e. The summed E-state index contributed by atoms with van der Waals surface area (Å²) in [6.45, 7) is 6.58. The number of H-pyrrole nitrogens is 1. The zero-order chi connectivity index (χ0) is 20.1. The lowest BCUT2D eigenvalue weighted by atomic mass is 9.96. The van der Waals surface area contributed by atoms with Crippen molar-refractivity contribution < 1.29 is 4.74 Å². The zero-order valence-corrected chi connectivity index (χ0v) is 17.5. The minimum absolute atomic E-state index is 0.0640. The van der Waals surface area contributed by atoms with Crippen LogP contribution >= 0.6 is 12.2 Å². The number of rotatable bonds is 7. The summed E-state index contributed by atoms with van der Waals surface area (Å²) in [5.74, 6) is 2.31. The summed E-state index contributed by atoms with van der Waals surface area (Å²) >= 11 is 5.38. The van der Waals surface area contributed by atoms with E-state index in [-0.39, 0.29) is 5.92 Å². The summed E-state index contributed by atoms with van der Waals surface area (Å²) in [6, 6.07) is 16.4. The van der Waals surface area contributed by atoms with Crippen LogP contribution in [0.4, 0.5) is 0 Å². The van der Waals surface area contributed by atoms with Gasteiger partial charge in [-0.3, -0.25) is 5.10 Å². The number of methoxy groups -OCH3 is 1. The number of hydrogen-bond donors (Lipinski definition) is 1. The molecule has 0 saturated carbocycles. The van der Waals surface area contributed by atoms with Gasteiger partial charge >= 0.3 is 0 Å². The largest absolute Gasteiger partial charge is 0.497 e. The average molecular weight is 395 g/mol. The van der Waals surface area contributed by atoms with Crippen LogP contribution in [-0.4, -0.2) is 28.2 Å². The van der Waals surface area contributed by atoms with E-state index < -0.39 is 0 Å². The highest BCUT2D eigenvalue weighted by Crippen LogP contribution is 2.23. The number of benzene rings is 2. The Labute approximate surface area is 171 Å². The van der Waals surface area contributed by atoms with Crippen molar-refractivity contribution in [1.29, 1.82) is 0 Å². The van der Waals surface area contributed by atoms with E-state index in [0.717, 1.165) is 23.6 Å². The Morgan fingerprint density at radius 1 is 1.11 bits per heavy atom. The molecule has 0 radical (unpaired) electrons. The van der Waals surface area contributed by atoms with Gasteiger partial charge in [0, 0.05) is 5.92 Å². The second-order valence-electron chi connectivity index (χ2n) is 7.28. The van der Waals surface area contributed by atoms with Gasteiger partial charge < -0.3 is 4.74 Å². The van der Waals surface area contributed by atoms with Crippen LogP contribution in [0.1, 0.15) is 49.2 Å². The number of hydrogen-bond acceptors (Lipinski definition) is 4. The van der Waals surface area contributed by atoms with Gasteiger partial charge in [-0.25, -0.2) is 0 Å². The molecule has 1 N–H and O–H groups in total. The van der Waals surface area contributed by atoms with Crippen LogP contribution < -0.4 is 4.74 Å². The van der Waals surface area contributed by atoms with E-state index in [1.54, 1.807) is 18.0 Å². The molecule has 0 unspecified atom stereocenters.